The third-order valence-corrected chi connectivity index (χ3v) is 3.06. The highest BCUT2D eigenvalue weighted by atomic mass is 32.2. The fraction of sp³-hybridized carbons (Fsp3) is 0.300. The monoisotopic (exact) mass is 209 g/mol. The van der Waals surface area contributed by atoms with E-state index in [4.69, 9.17) is 10.00 Å². The van der Waals surface area contributed by atoms with Crippen LogP contribution in [0, 0.1) is 11.3 Å². The largest absolute Gasteiger partial charge is 0.497 e. The molecule has 0 aliphatic rings. The predicted octanol–water partition coefficient (Wildman–Crippen LogP) is 1.72. The lowest BCUT2D eigenvalue weighted by Crippen LogP contribution is -1.97. The summed E-state index contributed by atoms with van der Waals surface area (Å²) in [6.45, 7) is 0. The van der Waals surface area contributed by atoms with Crippen molar-refractivity contribution in [2.45, 2.75) is 11.3 Å². The highest BCUT2D eigenvalue weighted by Crippen LogP contribution is 2.15. The fourth-order valence-corrected chi connectivity index (χ4v) is 1.99. The van der Waals surface area contributed by atoms with Crippen LogP contribution >= 0.6 is 0 Å². The molecule has 1 atom stereocenters. The Balaban J connectivity index is 2.75. The van der Waals surface area contributed by atoms with Crippen LogP contribution in [-0.2, 0) is 10.8 Å². The first kappa shape index (κ1) is 10.7. The Kier molecular flexibility index (Phi) is 4.14. The first-order chi connectivity index (χ1) is 6.77. The van der Waals surface area contributed by atoms with Crippen molar-refractivity contribution in [3.8, 4) is 11.8 Å². The summed E-state index contributed by atoms with van der Waals surface area (Å²) in [7, 11) is 0.469. The Hall–Kier alpha value is -1.34. The van der Waals surface area contributed by atoms with Crippen LogP contribution in [0.1, 0.15) is 6.42 Å². The Labute approximate surface area is 85.8 Å². The van der Waals surface area contributed by atoms with Gasteiger partial charge in [-0.25, -0.2) is 0 Å². The summed E-state index contributed by atoms with van der Waals surface area (Å²) >= 11 is 0. The number of benzene rings is 1. The van der Waals surface area contributed by atoms with E-state index in [-0.39, 0.29) is 0 Å². The minimum atomic E-state index is -1.10. The number of nitriles is 1. The summed E-state index contributed by atoms with van der Waals surface area (Å²) in [5.41, 5.74) is 0. The number of hydrogen-bond acceptors (Lipinski definition) is 3. The van der Waals surface area contributed by atoms with E-state index in [1.165, 1.54) is 0 Å². The first-order valence-electron chi connectivity index (χ1n) is 4.17. The molecule has 0 bridgehead atoms. The molecule has 0 N–H and O–H groups in total. The molecule has 0 spiro atoms. The molecule has 0 saturated carbocycles. The number of ether oxygens (including phenoxy) is 1. The summed E-state index contributed by atoms with van der Waals surface area (Å²) < 4.78 is 16.6. The Bertz CT molecular complexity index is 371. The molecule has 0 fully saturated rings. The number of hydrogen-bond donors (Lipinski definition) is 0. The van der Waals surface area contributed by atoms with Crippen molar-refractivity contribution in [2.24, 2.45) is 0 Å². The van der Waals surface area contributed by atoms with Gasteiger partial charge in [0.2, 0.25) is 0 Å². The molecule has 0 radical (unpaired) electrons. The Morgan fingerprint density at radius 2 is 2.36 bits per heavy atom. The Morgan fingerprint density at radius 3 is 3.00 bits per heavy atom. The topological polar surface area (TPSA) is 50.1 Å². The van der Waals surface area contributed by atoms with Gasteiger partial charge >= 0.3 is 0 Å². The van der Waals surface area contributed by atoms with E-state index in [2.05, 4.69) is 0 Å². The molecule has 1 unspecified atom stereocenters. The smallest absolute Gasteiger partial charge is 0.120 e. The van der Waals surface area contributed by atoms with E-state index in [0.717, 1.165) is 0 Å². The van der Waals surface area contributed by atoms with E-state index in [1.54, 1.807) is 31.4 Å². The van der Waals surface area contributed by atoms with Gasteiger partial charge in [0.25, 0.3) is 0 Å². The van der Waals surface area contributed by atoms with Crippen molar-refractivity contribution >= 4 is 10.8 Å². The maximum absolute atomic E-state index is 11.6. The van der Waals surface area contributed by atoms with Gasteiger partial charge in [-0.15, -0.1) is 0 Å². The average Bonchev–Trinajstić information content (AvgIpc) is 2.26. The molecule has 0 heterocycles. The lowest BCUT2D eigenvalue weighted by molar-refractivity contribution is 0.413. The minimum absolute atomic E-state index is 0.309. The molecule has 0 aliphatic heterocycles. The molecule has 74 valence electrons. The molecular formula is C10H11NO2S. The van der Waals surface area contributed by atoms with Gasteiger partial charge in [0.05, 0.1) is 24.0 Å². The summed E-state index contributed by atoms with van der Waals surface area (Å²) in [4.78, 5) is 0.708. The maximum atomic E-state index is 11.6. The third kappa shape index (κ3) is 2.86. The van der Waals surface area contributed by atoms with Crippen LogP contribution in [0.2, 0.25) is 0 Å². The third-order valence-electron chi connectivity index (χ3n) is 1.70. The van der Waals surface area contributed by atoms with E-state index in [0.29, 0.717) is 22.8 Å². The van der Waals surface area contributed by atoms with Gasteiger partial charge in [-0.3, -0.25) is 4.21 Å². The summed E-state index contributed by atoms with van der Waals surface area (Å²) in [6.07, 6.45) is 0.309. The molecule has 3 nitrogen and oxygen atoms in total. The average molecular weight is 209 g/mol. The van der Waals surface area contributed by atoms with Crippen molar-refractivity contribution in [1.82, 2.24) is 0 Å². The number of nitrogens with zero attached hydrogens (tertiary/aromatic N) is 1. The lowest BCUT2D eigenvalue weighted by Gasteiger charge is -2.02. The van der Waals surface area contributed by atoms with E-state index in [9.17, 15) is 4.21 Å². The van der Waals surface area contributed by atoms with Crippen LogP contribution < -0.4 is 4.74 Å². The van der Waals surface area contributed by atoms with Gasteiger partial charge in [-0.05, 0) is 18.2 Å². The molecule has 0 aliphatic carbocycles. The van der Waals surface area contributed by atoms with Gasteiger partial charge in [-0.2, -0.15) is 5.26 Å². The van der Waals surface area contributed by atoms with Gasteiger partial charge in [0.15, 0.2) is 0 Å². The van der Waals surface area contributed by atoms with Crippen molar-refractivity contribution in [1.29, 1.82) is 5.26 Å². The standard InChI is InChI=1S/C10H11NO2S/c1-13-9-4-2-5-10(8-9)14(12)7-3-6-11/h2,4-5,8H,3,7H2,1H3. The second-order valence-electron chi connectivity index (χ2n) is 2.64. The second-order valence-corrected chi connectivity index (χ2v) is 4.21. The molecule has 0 aromatic heterocycles. The van der Waals surface area contributed by atoms with Gasteiger partial charge < -0.3 is 4.74 Å². The zero-order valence-electron chi connectivity index (χ0n) is 7.90. The predicted molar refractivity (Wildman–Crippen MR) is 54.5 cm³/mol. The zero-order chi connectivity index (χ0) is 10.4. The molecule has 14 heavy (non-hydrogen) atoms. The molecular weight excluding hydrogens is 198 g/mol. The van der Waals surface area contributed by atoms with Crippen molar-refractivity contribution in [3.63, 3.8) is 0 Å². The van der Waals surface area contributed by atoms with Gasteiger partial charge in [0.1, 0.15) is 5.75 Å². The van der Waals surface area contributed by atoms with Crippen LogP contribution in [0.3, 0.4) is 0 Å². The van der Waals surface area contributed by atoms with E-state index >= 15 is 0 Å². The summed E-state index contributed by atoms with van der Waals surface area (Å²) in [5.74, 6) is 1.07. The van der Waals surface area contributed by atoms with E-state index < -0.39 is 10.8 Å². The number of methoxy groups -OCH3 is 1. The molecule has 1 rings (SSSR count). The van der Waals surface area contributed by atoms with Gasteiger partial charge in [0, 0.05) is 17.1 Å². The van der Waals surface area contributed by atoms with Crippen molar-refractivity contribution < 1.29 is 8.95 Å². The molecule has 1 aromatic carbocycles. The first-order valence-corrected chi connectivity index (χ1v) is 5.49. The molecule has 0 amide bonds. The molecule has 0 saturated heterocycles. The molecule has 1 aromatic rings. The Morgan fingerprint density at radius 1 is 1.57 bits per heavy atom. The number of rotatable bonds is 4. The van der Waals surface area contributed by atoms with E-state index in [1.807, 2.05) is 6.07 Å². The van der Waals surface area contributed by atoms with Crippen LogP contribution in [0.25, 0.3) is 0 Å². The van der Waals surface area contributed by atoms with Crippen LogP contribution in [-0.4, -0.2) is 17.1 Å². The molecule has 4 heteroatoms. The quantitative estimate of drug-likeness (QED) is 0.758. The summed E-state index contributed by atoms with van der Waals surface area (Å²) in [5, 5.41) is 8.35. The lowest BCUT2D eigenvalue weighted by atomic mass is 10.3. The van der Waals surface area contributed by atoms with Gasteiger partial charge in [-0.1, -0.05) is 6.07 Å². The minimum Gasteiger partial charge on any atom is -0.497 e. The summed E-state index contributed by atoms with van der Waals surface area (Å²) in [6, 6.07) is 9.06. The van der Waals surface area contributed by atoms with Crippen molar-refractivity contribution in [3.05, 3.63) is 24.3 Å². The van der Waals surface area contributed by atoms with Crippen LogP contribution in [0.15, 0.2) is 29.2 Å². The van der Waals surface area contributed by atoms with Crippen molar-refractivity contribution in [2.75, 3.05) is 12.9 Å². The highest BCUT2D eigenvalue weighted by Gasteiger charge is 2.03. The SMILES string of the molecule is COc1cccc(S(=O)CCC#N)c1. The van der Waals surface area contributed by atoms with Crippen LogP contribution in [0.4, 0.5) is 0 Å². The zero-order valence-corrected chi connectivity index (χ0v) is 8.71. The maximum Gasteiger partial charge on any atom is 0.120 e. The fourth-order valence-electron chi connectivity index (χ4n) is 0.999. The normalized spacial score (nSPS) is 11.7. The highest BCUT2D eigenvalue weighted by molar-refractivity contribution is 7.85. The second kappa shape index (κ2) is 5.40. The van der Waals surface area contributed by atoms with Crippen LogP contribution in [0.5, 0.6) is 5.75 Å².